The Labute approximate surface area is 182 Å². The van der Waals surface area contributed by atoms with Crippen molar-refractivity contribution in [3.63, 3.8) is 0 Å². The van der Waals surface area contributed by atoms with Crippen LogP contribution in [-0.4, -0.2) is 4.98 Å². The van der Waals surface area contributed by atoms with Crippen LogP contribution in [0.15, 0.2) is 58.5 Å². The summed E-state index contributed by atoms with van der Waals surface area (Å²) < 4.78 is 9.86. The van der Waals surface area contributed by atoms with Gasteiger partial charge in [0.2, 0.25) is 0 Å². The van der Waals surface area contributed by atoms with Crippen molar-refractivity contribution in [3.05, 3.63) is 65.4 Å². The van der Waals surface area contributed by atoms with Crippen LogP contribution in [0.25, 0.3) is 52.5 Å². The zero-order valence-electron chi connectivity index (χ0n) is 17.4. The third kappa shape index (κ3) is 2.57. The highest BCUT2D eigenvalue weighted by Crippen LogP contribution is 2.44. The Kier molecular flexibility index (Phi) is 3.72. The first-order valence-corrected chi connectivity index (χ1v) is 11.8. The molecule has 0 bridgehead atoms. The molecule has 2 nitrogen and oxygen atoms in total. The second-order valence-electron chi connectivity index (χ2n) is 8.96. The first kappa shape index (κ1) is 18.1. The summed E-state index contributed by atoms with van der Waals surface area (Å²) in [6.07, 6.45) is 1.94. The summed E-state index contributed by atoms with van der Waals surface area (Å²) in [6.45, 7) is 8.88. The van der Waals surface area contributed by atoms with Crippen molar-refractivity contribution in [1.29, 1.82) is 0 Å². The quantitative estimate of drug-likeness (QED) is 0.262. The third-order valence-corrected chi connectivity index (χ3v) is 7.88. The Morgan fingerprint density at radius 2 is 1.77 bits per heavy atom. The molecule has 0 spiro atoms. The van der Waals surface area contributed by atoms with Crippen molar-refractivity contribution in [1.82, 2.24) is 4.98 Å². The molecule has 2 aromatic carbocycles. The van der Waals surface area contributed by atoms with Gasteiger partial charge in [0.25, 0.3) is 0 Å². The molecule has 0 N–H and O–H groups in total. The fourth-order valence-corrected chi connectivity index (χ4v) is 6.67. The average Bonchev–Trinajstić information content (AvgIpc) is 3.40. The van der Waals surface area contributed by atoms with E-state index in [0.29, 0.717) is 0 Å². The third-order valence-electron chi connectivity index (χ3n) is 5.80. The lowest BCUT2D eigenvalue weighted by Gasteiger charge is -2.21. The maximum absolute atomic E-state index is 5.94. The SMILES string of the molecule is Cc1cc2c(ccc3sc4ccnc(-c5cc(C(C)(C)C)c6sccc6c5)c4c32)o1. The number of rotatable bonds is 1. The zero-order valence-corrected chi connectivity index (χ0v) is 19.0. The van der Waals surface area contributed by atoms with Gasteiger partial charge in [0.15, 0.2) is 0 Å². The summed E-state index contributed by atoms with van der Waals surface area (Å²) in [4.78, 5) is 4.91. The predicted molar refractivity (Wildman–Crippen MR) is 131 cm³/mol. The number of aryl methyl sites for hydroxylation is 1. The van der Waals surface area contributed by atoms with Gasteiger partial charge in [0, 0.05) is 42.0 Å². The molecular weight excluding hydrogens is 406 g/mol. The van der Waals surface area contributed by atoms with Crippen LogP contribution in [-0.2, 0) is 5.41 Å². The van der Waals surface area contributed by atoms with E-state index in [4.69, 9.17) is 9.40 Å². The fourth-order valence-electron chi connectivity index (χ4n) is 4.45. The summed E-state index contributed by atoms with van der Waals surface area (Å²) in [6, 6.07) is 15.4. The van der Waals surface area contributed by atoms with Crippen LogP contribution in [0.3, 0.4) is 0 Å². The van der Waals surface area contributed by atoms with Crippen LogP contribution in [0.4, 0.5) is 0 Å². The highest BCUT2D eigenvalue weighted by atomic mass is 32.1. The molecule has 0 fully saturated rings. The van der Waals surface area contributed by atoms with E-state index in [-0.39, 0.29) is 5.41 Å². The van der Waals surface area contributed by atoms with Crippen molar-refractivity contribution in [2.75, 3.05) is 0 Å². The molecule has 0 aliphatic carbocycles. The first-order valence-electron chi connectivity index (χ1n) is 10.1. The van der Waals surface area contributed by atoms with E-state index in [1.807, 2.05) is 35.8 Å². The number of benzene rings is 2. The van der Waals surface area contributed by atoms with Crippen LogP contribution in [0.5, 0.6) is 0 Å². The lowest BCUT2D eigenvalue weighted by atomic mass is 9.84. The average molecular weight is 428 g/mol. The number of thiophene rings is 2. The second-order valence-corrected chi connectivity index (χ2v) is 11.0. The van der Waals surface area contributed by atoms with E-state index >= 15 is 0 Å². The van der Waals surface area contributed by atoms with E-state index < -0.39 is 0 Å². The normalized spacial score (nSPS) is 12.7. The molecule has 0 radical (unpaired) electrons. The number of nitrogens with zero attached hydrogens (tertiary/aromatic N) is 1. The maximum Gasteiger partial charge on any atom is 0.134 e. The van der Waals surface area contributed by atoms with Gasteiger partial charge in [-0.2, -0.15) is 0 Å². The van der Waals surface area contributed by atoms with E-state index in [9.17, 15) is 0 Å². The summed E-state index contributed by atoms with van der Waals surface area (Å²) in [5.74, 6) is 0.942. The van der Waals surface area contributed by atoms with Crippen molar-refractivity contribution in [2.24, 2.45) is 0 Å². The molecule has 6 rings (SSSR count). The highest BCUT2D eigenvalue weighted by Gasteiger charge is 2.21. The van der Waals surface area contributed by atoms with Crippen molar-refractivity contribution >= 4 is 63.9 Å². The van der Waals surface area contributed by atoms with Gasteiger partial charge < -0.3 is 4.42 Å². The molecule has 0 saturated carbocycles. The van der Waals surface area contributed by atoms with Gasteiger partial charge in [0.05, 0.1) is 5.69 Å². The van der Waals surface area contributed by atoms with Crippen LogP contribution >= 0.6 is 22.7 Å². The standard InChI is InChI=1S/C26H21NOS2/c1-14-11-17-19(28-14)5-6-20-22(17)23-21(30-20)7-9-27-24(23)16-12-15-8-10-29-25(15)18(13-16)26(2,3)4/h5-13H,1-4H3. The van der Waals surface area contributed by atoms with Crippen LogP contribution in [0, 0.1) is 6.92 Å². The molecule has 0 saturated heterocycles. The molecule has 4 heteroatoms. The lowest BCUT2D eigenvalue weighted by Crippen LogP contribution is -2.11. The van der Waals surface area contributed by atoms with Gasteiger partial charge in [-0.15, -0.1) is 22.7 Å². The van der Waals surface area contributed by atoms with Gasteiger partial charge >= 0.3 is 0 Å². The number of hydrogen-bond donors (Lipinski definition) is 0. The summed E-state index contributed by atoms with van der Waals surface area (Å²) in [5, 5.41) is 7.16. The minimum atomic E-state index is 0.0681. The topological polar surface area (TPSA) is 26.0 Å². The van der Waals surface area contributed by atoms with Gasteiger partial charge in [-0.3, -0.25) is 4.98 Å². The van der Waals surface area contributed by atoms with E-state index in [1.165, 1.54) is 46.8 Å². The lowest BCUT2D eigenvalue weighted by molar-refractivity contribution is 0.579. The van der Waals surface area contributed by atoms with E-state index in [1.54, 1.807) is 0 Å². The van der Waals surface area contributed by atoms with Gasteiger partial charge in [-0.1, -0.05) is 20.8 Å². The largest absolute Gasteiger partial charge is 0.461 e. The maximum atomic E-state index is 5.94. The Hall–Kier alpha value is -2.69. The highest BCUT2D eigenvalue weighted by molar-refractivity contribution is 7.26. The number of furan rings is 1. The number of pyridine rings is 1. The minimum absolute atomic E-state index is 0.0681. The number of hydrogen-bond acceptors (Lipinski definition) is 4. The molecule has 0 aliphatic heterocycles. The van der Waals surface area contributed by atoms with Crippen molar-refractivity contribution in [3.8, 4) is 11.3 Å². The molecule has 0 amide bonds. The van der Waals surface area contributed by atoms with E-state index in [0.717, 1.165) is 17.0 Å². The predicted octanol–water partition coefficient (Wildman–Crippen LogP) is 8.68. The summed E-state index contributed by atoms with van der Waals surface area (Å²) in [7, 11) is 0. The fraction of sp³-hybridized carbons (Fsp3) is 0.192. The Morgan fingerprint density at radius 3 is 2.60 bits per heavy atom. The van der Waals surface area contributed by atoms with Crippen LogP contribution in [0.2, 0.25) is 0 Å². The molecule has 30 heavy (non-hydrogen) atoms. The second kappa shape index (κ2) is 6.16. The molecule has 4 aromatic heterocycles. The van der Waals surface area contributed by atoms with Crippen molar-refractivity contribution < 1.29 is 4.42 Å². The Morgan fingerprint density at radius 1 is 0.933 bits per heavy atom. The number of fused-ring (bicyclic) bond motifs is 6. The molecule has 0 atom stereocenters. The molecule has 148 valence electrons. The summed E-state index contributed by atoms with van der Waals surface area (Å²) in [5.41, 5.74) is 4.64. The smallest absolute Gasteiger partial charge is 0.134 e. The minimum Gasteiger partial charge on any atom is -0.461 e. The monoisotopic (exact) mass is 427 g/mol. The summed E-state index contributed by atoms with van der Waals surface area (Å²) >= 11 is 3.66. The van der Waals surface area contributed by atoms with Crippen LogP contribution in [0.1, 0.15) is 32.1 Å². The molecule has 4 heterocycles. The zero-order chi connectivity index (χ0) is 20.6. The van der Waals surface area contributed by atoms with Crippen LogP contribution < -0.4 is 0 Å². The first-order chi connectivity index (χ1) is 14.4. The molecule has 6 aromatic rings. The van der Waals surface area contributed by atoms with Gasteiger partial charge in [-0.05, 0) is 71.1 Å². The van der Waals surface area contributed by atoms with E-state index in [2.05, 4.69) is 68.6 Å². The number of aromatic nitrogens is 1. The molecule has 0 aliphatic rings. The molecular formula is C26H21NOS2. The van der Waals surface area contributed by atoms with Gasteiger partial charge in [0.1, 0.15) is 11.3 Å². The molecule has 0 unspecified atom stereocenters. The Bertz CT molecular complexity index is 1590. The Balaban J connectivity index is 1.76. The van der Waals surface area contributed by atoms with Crippen molar-refractivity contribution in [2.45, 2.75) is 33.1 Å². The van der Waals surface area contributed by atoms with Gasteiger partial charge in [-0.25, -0.2) is 0 Å².